The summed E-state index contributed by atoms with van der Waals surface area (Å²) in [4.78, 5) is 4.59. The van der Waals surface area contributed by atoms with Crippen LogP contribution in [0.15, 0.2) is 67.0 Å². The SMILES string of the molecule is CCOc1ccc(CCn2cnc3c(c2=N)C(c2ccc(OC)cc2)c2ccc(O)cc2O3)cc1OCC. The summed E-state index contributed by atoms with van der Waals surface area (Å²) in [6, 6.07) is 18.8. The predicted octanol–water partition coefficient (Wildman–Crippen LogP) is 5.40. The second-order valence-electron chi connectivity index (χ2n) is 8.93. The number of aromatic hydroxyl groups is 1. The molecule has 8 heteroatoms. The van der Waals surface area contributed by atoms with Crippen molar-refractivity contribution >= 4 is 0 Å². The molecule has 0 radical (unpaired) electrons. The molecule has 0 bridgehead atoms. The number of nitrogens with one attached hydrogen (secondary N) is 1. The van der Waals surface area contributed by atoms with E-state index in [1.165, 1.54) is 0 Å². The zero-order chi connectivity index (χ0) is 26.6. The number of methoxy groups -OCH3 is 1. The fraction of sp³-hybridized carbons (Fsp3) is 0.267. The van der Waals surface area contributed by atoms with Crippen molar-refractivity contribution in [3.8, 4) is 34.6 Å². The minimum absolute atomic E-state index is 0.111. The number of hydrogen-bond acceptors (Lipinski definition) is 7. The lowest BCUT2D eigenvalue weighted by Crippen LogP contribution is -2.30. The lowest BCUT2D eigenvalue weighted by Gasteiger charge is -2.28. The van der Waals surface area contributed by atoms with E-state index in [1.54, 1.807) is 25.6 Å². The third kappa shape index (κ3) is 4.89. The first kappa shape index (κ1) is 25.2. The lowest BCUT2D eigenvalue weighted by atomic mass is 9.84. The Kier molecular flexibility index (Phi) is 7.22. The largest absolute Gasteiger partial charge is 0.508 e. The van der Waals surface area contributed by atoms with E-state index in [0.717, 1.165) is 33.9 Å². The molecule has 1 aliphatic heterocycles. The van der Waals surface area contributed by atoms with Gasteiger partial charge >= 0.3 is 0 Å². The first-order chi connectivity index (χ1) is 18.5. The minimum Gasteiger partial charge on any atom is -0.508 e. The lowest BCUT2D eigenvalue weighted by molar-refractivity contribution is 0.287. The van der Waals surface area contributed by atoms with Gasteiger partial charge < -0.3 is 28.6 Å². The highest BCUT2D eigenvalue weighted by atomic mass is 16.5. The summed E-state index contributed by atoms with van der Waals surface area (Å²) < 4.78 is 24.7. The fourth-order valence-electron chi connectivity index (χ4n) is 4.77. The summed E-state index contributed by atoms with van der Waals surface area (Å²) in [6.45, 7) is 5.57. The van der Waals surface area contributed by atoms with Crippen molar-refractivity contribution in [2.45, 2.75) is 32.7 Å². The Morgan fingerprint density at radius 3 is 2.47 bits per heavy atom. The molecule has 1 aromatic heterocycles. The molecular weight excluding hydrogens is 482 g/mol. The molecule has 1 atom stereocenters. The number of hydrogen-bond donors (Lipinski definition) is 2. The number of aryl methyl sites for hydroxylation is 2. The Morgan fingerprint density at radius 2 is 1.74 bits per heavy atom. The van der Waals surface area contributed by atoms with Crippen LogP contribution in [0.2, 0.25) is 0 Å². The topological polar surface area (TPSA) is 98.8 Å². The van der Waals surface area contributed by atoms with Gasteiger partial charge in [0.05, 0.1) is 25.9 Å². The zero-order valence-corrected chi connectivity index (χ0v) is 21.7. The van der Waals surface area contributed by atoms with E-state index >= 15 is 0 Å². The molecule has 0 spiro atoms. The van der Waals surface area contributed by atoms with Gasteiger partial charge in [-0.15, -0.1) is 0 Å². The Balaban J connectivity index is 1.50. The number of fused-ring (bicyclic) bond motifs is 2. The van der Waals surface area contributed by atoms with Crippen LogP contribution in [0.1, 0.15) is 42.0 Å². The van der Waals surface area contributed by atoms with Gasteiger partial charge in [-0.1, -0.05) is 24.3 Å². The number of nitrogens with zero attached hydrogens (tertiary/aromatic N) is 2. The maximum atomic E-state index is 10.1. The summed E-state index contributed by atoms with van der Waals surface area (Å²) in [7, 11) is 1.63. The smallest absolute Gasteiger partial charge is 0.228 e. The van der Waals surface area contributed by atoms with Gasteiger partial charge in [-0.3, -0.25) is 5.41 Å². The van der Waals surface area contributed by atoms with E-state index in [9.17, 15) is 5.11 Å². The van der Waals surface area contributed by atoms with E-state index in [0.29, 0.717) is 48.9 Å². The van der Waals surface area contributed by atoms with Crippen LogP contribution in [0, 0.1) is 5.41 Å². The Hall–Kier alpha value is -4.46. The van der Waals surface area contributed by atoms with Crippen LogP contribution in [0.5, 0.6) is 34.6 Å². The number of rotatable bonds is 9. The van der Waals surface area contributed by atoms with Crippen LogP contribution in [-0.2, 0) is 13.0 Å². The Morgan fingerprint density at radius 1 is 0.974 bits per heavy atom. The number of benzene rings is 3. The molecule has 5 rings (SSSR count). The normalized spacial score (nSPS) is 13.7. The van der Waals surface area contributed by atoms with Gasteiger partial charge in [0.2, 0.25) is 5.88 Å². The minimum atomic E-state index is -0.289. The number of phenols is 1. The maximum absolute atomic E-state index is 10.1. The molecular formula is C30H31N3O5. The number of phenolic OH excluding ortho intramolecular Hbond substituents is 1. The molecule has 196 valence electrons. The quantitative estimate of drug-likeness (QED) is 0.274. The highest BCUT2D eigenvalue weighted by Gasteiger charge is 2.32. The van der Waals surface area contributed by atoms with Gasteiger partial charge in [0.1, 0.15) is 29.1 Å². The summed E-state index contributed by atoms with van der Waals surface area (Å²) in [5.74, 6) is 2.92. The van der Waals surface area contributed by atoms with Gasteiger partial charge in [-0.2, -0.15) is 0 Å². The molecule has 0 saturated heterocycles. The Labute approximate surface area is 221 Å². The first-order valence-electron chi connectivity index (χ1n) is 12.7. The molecule has 0 fully saturated rings. The second kappa shape index (κ2) is 10.9. The average molecular weight is 514 g/mol. The predicted molar refractivity (Wildman–Crippen MR) is 143 cm³/mol. The van der Waals surface area contributed by atoms with Crippen LogP contribution in [0.25, 0.3) is 0 Å². The molecule has 38 heavy (non-hydrogen) atoms. The standard InChI is InChI=1S/C30H31N3O5/c1-4-36-24-13-6-19(16-26(24)37-5-2)14-15-33-18-32-30-28(29(33)31)27(20-7-10-22(35-3)11-8-20)23-12-9-21(34)17-25(23)38-30/h6-13,16-18,27,31,34H,4-5,14-15H2,1-3H3. The van der Waals surface area contributed by atoms with Gasteiger partial charge in [-0.25, -0.2) is 4.98 Å². The van der Waals surface area contributed by atoms with Crippen molar-refractivity contribution in [2.24, 2.45) is 0 Å². The fourth-order valence-corrected chi connectivity index (χ4v) is 4.77. The molecule has 8 nitrogen and oxygen atoms in total. The van der Waals surface area contributed by atoms with Crippen LogP contribution in [0.3, 0.4) is 0 Å². The van der Waals surface area contributed by atoms with E-state index in [1.807, 2.05) is 66.9 Å². The average Bonchev–Trinajstić information content (AvgIpc) is 2.93. The van der Waals surface area contributed by atoms with E-state index in [-0.39, 0.29) is 11.7 Å². The molecule has 2 heterocycles. The van der Waals surface area contributed by atoms with Crippen molar-refractivity contribution in [1.29, 1.82) is 5.41 Å². The molecule has 3 aromatic carbocycles. The van der Waals surface area contributed by atoms with Crippen LogP contribution < -0.4 is 24.4 Å². The molecule has 0 saturated carbocycles. The van der Waals surface area contributed by atoms with E-state index in [2.05, 4.69) is 4.98 Å². The molecule has 2 N–H and O–H groups in total. The highest BCUT2D eigenvalue weighted by molar-refractivity contribution is 5.57. The number of ether oxygens (including phenoxy) is 4. The highest BCUT2D eigenvalue weighted by Crippen LogP contribution is 2.46. The molecule has 0 aliphatic carbocycles. The summed E-state index contributed by atoms with van der Waals surface area (Å²) >= 11 is 0. The van der Waals surface area contributed by atoms with Crippen molar-refractivity contribution in [3.05, 3.63) is 94.7 Å². The van der Waals surface area contributed by atoms with Crippen LogP contribution >= 0.6 is 0 Å². The van der Waals surface area contributed by atoms with E-state index < -0.39 is 0 Å². The first-order valence-corrected chi connectivity index (χ1v) is 12.7. The molecule has 4 aromatic rings. The molecule has 1 unspecified atom stereocenters. The van der Waals surface area contributed by atoms with Crippen LogP contribution in [0.4, 0.5) is 0 Å². The van der Waals surface area contributed by atoms with Crippen molar-refractivity contribution in [3.63, 3.8) is 0 Å². The summed E-state index contributed by atoms with van der Waals surface area (Å²) in [6.07, 6.45) is 2.32. The number of aromatic nitrogens is 2. The van der Waals surface area contributed by atoms with Gasteiger partial charge in [0.25, 0.3) is 0 Å². The van der Waals surface area contributed by atoms with Crippen molar-refractivity contribution in [2.75, 3.05) is 20.3 Å². The van der Waals surface area contributed by atoms with Gasteiger partial charge in [0.15, 0.2) is 11.5 Å². The molecule has 1 aliphatic rings. The van der Waals surface area contributed by atoms with Crippen LogP contribution in [-0.4, -0.2) is 35.0 Å². The molecule has 0 amide bonds. The van der Waals surface area contributed by atoms with E-state index in [4.69, 9.17) is 24.4 Å². The zero-order valence-electron chi connectivity index (χ0n) is 21.7. The van der Waals surface area contributed by atoms with Gasteiger partial charge in [0, 0.05) is 24.1 Å². The maximum Gasteiger partial charge on any atom is 0.228 e. The Bertz CT molecular complexity index is 1500. The third-order valence-electron chi connectivity index (χ3n) is 6.59. The van der Waals surface area contributed by atoms with Gasteiger partial charge in [-0.05, 0) is 61.7 Å². The van der Waals surface area contributed by atoms with Crippen molar-refractivity contribution in [1.82, 2.24) is 9.55 Å². The third-order valence-corrected chi connectivity index (χ3v) is 6.59. The monoisotopic (exact) mass is 513 g/mol. The summed E-state index contributed by atoms with van der Waals surface area (Å²) in [5.41, 5.74) is 3.91. The summed E-state index contributed by atoms with van der Waals surface area (Å²) in [5, 5.41) is 19.2. The van der Waals surface area contributed by atoms with Crippen molar-refractivity contribution < 1.29 is 24.1 Å². The second-order valence-corrected chi connectivity index (χ2v) is 8.93.